The van der Waals surface area contributed by atoms with Crippen molar-refractivity contribution in [1.82, 2.24) is 30.0 Å². The van der Waals surface area contributed by atoms with E-state index in [2.05, 4.69) is 30.4 Å². The van der Waals surface area contributed by atoms with Crippen molar-refractivity contribution in [3.63, 3.8) is 0 Å². The Balaban J connectivity index is 1.75. The van der Waals surface area contributed by atoms with Crippen molar-refractivity contribution in [3.05, 3.63) is 12.5 Å². The van der Waals surface area contributed by atoms with Crippen molar-refractivity contribution in [1.29, 1.82) is 0 Å². The van der Waals surface area contributed by atoms with Gasteiger partial charge in [0.25, 0.3) is 0 Å². The summed E-state index contributed by atoms with van der Waals surface area (Å²) < 4.78 is 1.93. The number of imidazole rings is 1. The number of aromatic nitrogens is 5. The van der Waals surface area contributed by atoms with E-state index in [1.807, 2.05) is 18.7 Å². The number of hydrogen-bond acceptors (Lipinski definition) is 5. The van der Waals surface area contributed by atoms with Crippen LogP contribution in [-0.4, -0.2) is 51.4 Å². The van der Waals surface area contributed by atoms with E-state index in [-0.39, 0.29) is 0 Å². The van der Waals surface area contributed by atoms with Gasteiger partial charge in [0.05, 0.1) is 12.5 Å². The van der Waals surface area contributed by atoms with Gasteiger partial charge in [0.1, 0.15) is 5.69 Å². The molecule has 0 radical (unpaired) electrons. The smallest absolute Gasteiger partial charge is 0.245 e. The van der Waals surface area contributed by atoms with Crippen LogP contribution in [0.5, 0.6) is 0 Å². The van der Waals surface area contributed by atoms with Gasteiger partial charge in [-0.3, -0.25) is 5.10 Å². The molecular weight excluding hydrogens is 254 g/mol. The SMILES string of the molecule is CNCC1CCCN(c2n[nH]c(-c3cncn3C)n2)C1. The first-order valence-electron chi connectivity index (χ1n) is 7.06. The van der Waals surface area contributed by atoms with Gasteiger partial charge in [-0.25, -0.2) is 4.98 Å². The number of anilines is 1. The second-order valence-electron chi connectivity index (χ2n) is 5.39. The predicted octanol–water partition coefficient (Wildman–Crippen LogP) is 0.641. The van der Waals surface area contributed by atoms with Gasteiger partial charge in [-0.1, -0.05) is 0 Å². The summed E-state index contributed by atoms with van der Waals surface area (Å²) in [4.78, 5) is 11.0. The molecule has 0 aromatic carbocycles. The summed E-state index contributed by atoms with van der Waals surface area (Å²) in [5.74, 6) is 2.24. The Kier molecular flexibility index (Phi) is 3.68. The second-order valence-corrected chi connectivity index (χ2v) is 5.39. The lowest BCUT2D eigenvalue weighted by molar-refractivity contribution is 0.399. The van der Waals surface area contributed by atoms with Crippen molar-refractivity contribution >= 4 is 5.95 Å². The fourth-order valence-electron chi connectivity index (χ4n) is 2.80. The van der Waals surface area contributed by atoms with Crippen LogP contribution < -0.4 is 10.2 Å². The number of H-pyrrole nitrogens is 1. The first kappa shape index (κ1) is 13.1. The minimum atomic E-state index is 0.674. The van der Waals surface area contributed by atoms with Crippen LogP contribution in [-0.2, 0) is 7.05 Å². The highest BCUT2D eigenvalue weighted by Crippen LogP contribution is 2.22. The molecule has 1 unspecified atom stereocenters. The first-order valence-corrected chi connectivity index (χ1v) is 7.06. The molecule has 0 bridgehead atoms. The van der Waals surface area contributed by atoms with Gasteiger partial charge < -0.3 is 14.8 Å². The van der Waals surface area contributed by atoms with Crippen molar-refractivity contribution in [3.8, 4) is 11.5 Å². The van der Waals surface area contributed by atoms with E-state index in [0.717, 1.165) is 37.1 Å². The molecule has 0 saturated carbocycles. The highest BCUT2D eigenvalue weighted by Gasteiger charge is 2.22. The maximum Gasteiger partial charge on any atom is 0.245 e. The number of piperidine rings is 1. The van der Waals surface area contributed by atoms with Gasteiger partial charge >= 0.3 is 0 Å². The van der Waals surface area contributed by atoms with Gasteiger partial charge in [0, 0.05) is 20.1 Å². The van der Waals surface area contributed by atoms with E-state index in [1.54, 1.807) is 12.5 Å². The van der Waals surface area contributed by atoms with Crippen LogP contribution in [0.1, 0.15) is 12.8 Å². The number of aromatic amines is 1. The summed E-state index contributed by atoms with van der Waals surface area (Å²) in [6, 6.07) is 0. The molecule has 7 heteroatoms. The molecule has 2 aromatic rings. The fourth-order valence-corrected chi connectivity index (χ4v) is 2.80. The standard InChI is InChI=1S/C13H21N7/c1-14-6-10-4-3-5-20(8-10)13-16-12(17-18-13)11-7-15-9-19(11)2/h7,9-10,14H,3-6,8H2,1-2H3,(H,16,17,18). The molecule has 0 spiro atoms. The Morgan fingerprint density at radius 3 is 3.15 bits per heavy atom. The largest absolute Gasteiger partial charge is 0.339 e. The Labute approximate surface area is 118 Å². The lowest BCUT2D eigenvalue weighted by atomic mass is 9.98. The molecule has 1 saturated heterocycles. The topological polar surface area (TPSA) is 74.7 Å². The Bertz CT molecular complexity index is 557. The number of rotatable bonds is 4. The summed E-state index contributed by atoms with van der Waals surface area (Å²) in [6.07, 6.45) is 6.03. The predicted molar refractivity (Wildman–Crippen MR) is 77.4 cm³/mol. The molecule has 1 fully saturated rings. The zero-order valence-corrected chi connectivity index (χ0v) is 12.0. The summed E-state index contributed by atoms with van der Waals surface area (Å²) in [6.45, 7) is 3.10. The van der Waals surface area contributed by atoms with Crippen molar-refractivity contribution in [2.75, 3.05) is 31.6 Å². The molecule has 0 amide bonds. The average molecular weight is 275 g/mol. The summed E-state index contributed by atoms with van der Waals surface area (Å²) in [5, 5.41) is 10.6. The molecule has 2 N–H and O–H groups in total. The molecule has 108 valence electrons. The normalized spacial score (nSPS) is 19.5. The number of nitrogens with zero attached hydrogens (tertiary/aromatic N) is 5. The third-order valence-electron chi connectivity index (χ3n) is 3.83. The molecule has 1 aliphatic heterocycles. The molecule has 1 aliphatic rings. The molecular formula is C13H21N7. The monoisotopic (exact) mass is 275 g/mol. The van der Waals surface area contributed by atoms with Crippen LogP contribution in [0.4, 0.5) is 5.95 Å². The minimum absolute atomic E-state index is 0.674. The highest BCUT2D eigenvalue weighted by molar-refractivity contribution is 5.50. The van der Waals surface area contributed by atoms with Crippen molar-refractivity contribution in [2.45, 2.75) is 12.8 Å². The zero-order chi connectivity index (χ0) is 13.9. The van der Waals surface area contributed by atoms with Crippen LogP contribution in [0.25, 0.3) is 11.5 Å². The molecule has 7 nitrogen and oxygen atoms in total. The first-order chi connectivity index (χ1) is 9.78. The summed E-state index contributed by atoms with van der Waals surface area (Å²) >= 11 is 0. The van der Waals surface area contributed by atoms with Gasteiger partial charge in [-0.05, 0) is 32.4 Å². The zero-order valence-electron chi connectivity index (χ0n) is 12.0. The maximum absolute atomic E-state index is 4.61. The molecule has 0 aliphatic carbocycles. The van der Waals surface area contributed by atoms with Crippen LogP contribution in [0.3, 0.4) is 0 Å². The van der Waals surface area contributed by atoms with E-state index >= 15 is 0 Å². The quantitative estimate of drug-likeness (QED) is 0.856. The van der Waals surface area contributed by atoms with Gasteiger partial charge in [-0.2, -0.15) is 4.98 Å². The average Bonchev–Trinajstić information content (AvgIpc) is 3.08. The number of aryl methyl sites for hydroxylation is 1. The van der Waals surface area contributed by atoms with Crippen LogP contribution in [0, 0.1) is 5.92 Å². The number of hydrogen-bond donors (Lipinski definition) is 2. The fraction of sp³-hybridized carbons (Fsp3) is 0.615. The van der Waals surface area contributed by atoms with E-state index < -0.39 is 0 Å². The van der Waals surface area contributed by atoms with E-state index in [9.17, 15) is 0 Å². The van der Waals surface area contributed by atoms with E-state index in [0.29, 0.717) is 5.92 Å². The minimum Gasteiger partial charge on any atom is -0.339 e. The van der Waals surface area contributed by atoms with Gasteiger partial charge in [0.2, 0.25) is 5.95 Å². The number of nitrogens with one attached hydrogen (secondary N) is 2. The Morgan fingerprint density at radius 2 is 2.40 bits per heavy atom. The molecule has 20 heavy (non-hydrogen) atoms. The maximum atomic E-state index is 4.61. The summed E-state index contributed by atoms with van der Waals surface area (Å²) in [7, 11) is 3.96. The van der Waals surface area contributed by atoms with Crippen LogP contribution in [0.2, 0.25) is 0 Å². The molecule has 1 atom stereocenters. The third kappa shape index (κ3) is 2.53. The van der Waals surface area contributed by atoms with Crippen LogP contribution >= 0.6 is 0 Å². The van der Waals surface area contributed by atoms with Crippen molar-refractivity contribution < 1.29 is 0 Å². The molecule has 3 rings (SSSR count). The molecule has 2 aromatic heterocycles. The van der Waals surface area contributed by atoms with Gasteiger partial charge in [0.15, 0.2) is 5.82 Å². The van der Waals surface area contributed by atoms with Gasteiger partial charge in [-0.15, -0.1) is 5.10 Å². The molecule has 3 heterocycles. The lowest BCUT2D eigenvalue weighted by Crippen LogP contribution is -2.39. The van der Waals surface area contributed by atoms with E-state index in [4.69, 9.17) is 0 Å². The summed E-state index contributed by atoms with van der Waals surface area (Å²) in [5.41, 5.74) is 0.951. The Morgan fingerprint density at radius 1 is 1.50 bits per heavy atom. The third-order valence-corrected chi connectivity index (χ3v) is 3.83. The second kappa shape index (κ2) is 5.62. The van der Waals surface area contributed by atoms with E-state index in [1.165, 1.54) is 12.8 Å². The van der Waals surface area contributed by atoms with Crippen LogP contribution in [0.15, 0.2) is 12.5 Å². The van der Waals surface area contributed by atoms with Crippen molar-refractivity contribution in [2.24, 2.45) is 13.0 Å². The Hall–Kier alpha value is -1.89. The lowest BCUT2D eigenvalue weighted by Gasteiger charge is -2.31. The highest BCUT2D eigenvalue weighted by atomic mass is 15.4.